The first-order valence-electron chi connectivity index (χ1n) is 5.82. The lowest BCUT2D eigenvalue weighted by Crippen LogP contribution is -2.39. The van der Waals surface area contributed by atoms with E-state index < -0.39 is 0 Å². The van der Waals surface area contributed by atoms with Gasteiger partial charge in [0, 0.05) is 16.8 Å². The van der Waals surface area contributed by atoms with Gasteiger partial charge in [0.05, 0.1) is 5.36 Å². The van der Waals surface area contributed by atoms with E-state index >= 15 is 0 Å². The van der Waals surface area contributed by atoms with Gasteiger partial charge in [-0.25, -0.2) is 4.99 Å². The van der Waals surface area contributed by atoms with Gasteiger partial charge in [0.25, 0.3) is 5.91 Å². The summed E-state index contributed by atoms with van der Waals surface area (Å²) in [6.07, 6.45) is 3.44. The van der Waals surface area contributed by atoms with Crippen molar-refractivity contribution >= 4 is 11.5 Å². The van der Waals surface area contributed by atoms with Crippen LogP contribution in [0.15, 0.2) is 29.3 Å². The smallest absolute Gasteiger partial charge is 0.275 e. The molecule has 2 aliphatic rings. The first-order chi connectivity index (χ1) is 7.86. The number of nitrogens with zero attached hydrogens (tertiary/aromatic N) is 1. The predicted octanol–water partition coefficient (Wildman–Crippen LogP) is 0.139. The number of hydrogen-bond donors (Lipinski definition) is 1. The molecule has 1 atom stereocenters. The molecule has 0 spiro atoms. The van der Waals surface area contributed by atoms with Gasteiger partial charge in [-0.3, -0.25) is 4.79 Å². The van der Waals surface area contributed by atoms with Crippen molar-refractivity contribution in [3.05, 3.63) is 34.8 Å². The van der Waals surface area contributed by atoms with Crippen LogP contribution < -0.4 is 15.9 Å². The molecule has 0 aromatic heterocycles. The van der Waals surface area contributed by atoms with Crippen LogP contribution in [0.2, 0.25) is 0 Å². The molecule has 1 saturated heterocycles. The van der Waals surface area contributed by atoms with E-state index in [1.165, 1.54) is 12.8 Å². The first-order valence-corrected chi connectivity index (χ1v) is 5.82. The Morgan fingerprint density at radius 1 is 1.25 bits per heavy atom. The Bertz CT molecular complexity index is 541. The summed E-state index contributed by atoms with van der Waals surface area (Å²) in [6.45, 7) is 1.00. The maximum atomic E-state index is 11.9. The molecule has 3 rings (SSSR count). The Hall–Kier alpha value is -1.48. The second-order valence-corrected chi connectivity index (χ2v) is 4.35. The zero-order chi connectivity index (χ0) is 11.0. The number of hydrogen-bond acceptors (Lipinski definition) is 2. The SMILES string of the molecule is O=C1N=c2ccccc2=C1C1CCCCN1. The second-order valence-electron chi connectivity index (χ2n) is 4.35. The lowest BCUT2D eigenvalue weighted by Gasteiger charge is -2.23. The van der Waals surface area contributed by atoms with Crippen LogP contribution in [0, 0.1) is 0 Å². The van der Waals surface area contributed by atoms with Crippen molar-refractivity contribution < 1.29 is 4.79 Å². The van der Waals surface area contributed by atoms with E-state index in [-0.39, 0.29) is 11.9 Å². The Morgan fingerprint density at radius 2 is 2.12 bits per heavy atom. The number of amides is 1. The van der Waals surface area contributed by atoms with Gasteiger partial charge < -0.3 is 5.32 Å². The van der Waals surface area contributed by atoms with Gasteiger partial charge in [-0.15, -0.1) is 0 Å². The Labute approximate surface area is 93.9 Å². The average molecular weight is 214 g/mol. The number of para-hydroxylation sites is 1. The normalized spacial score (nSPS) is 24.1. The van der Waals surface area contributed by atoms with Crippen LogP contribution in [0.1, 0.15) is 19.3 Å². The maximum Gasteiger partial charge on any atom is 0.275 e. The van der Waals surface area contributed by atoms with Gasteiger partial charge in [-0.2, -0.15) is 0 Å². The number of carbonyl (C=O) groups excluding carboxylic acids is 1. The summed E-state index contributed by atoms with van der Waals surface area (Å²) in [5.41, 5.74) is 0.871. The highest BCUT2D eigenvalue weighted by Crippen LogP contribution is 2.16. The molecule has 0 aliphatic carbocycles. The molecule has 1 amide bonds. The van der Waals surface area contributed by atoms with Crippen molar-refractivity contribution in [2.45, 2.75) is 25.3 Å². The van der Waals surface area contributed by atoms with E-state index in [1.54, 1.807) is 0 Å². The molecular formula is C13H14N2O. The molecule has 0 saturated carbocycles. The number of rotatable bonds is 1. The van der Waals surface area contributed by atoms with Gasteiger partial charge in [0.2, 0.25) is 0 Å². The summed E-state index contributed by atoms with van der Waals surface area (Å²) in [6, 6.07) is 8.00. The molecule has 3 heteroatoms. The minimum atomic E-state index is -0.0550. The molecule has 82 valence electrons. The van der Waals surface area contributed by atoms with Crippen molar-refractivity contribution in [3.63, 3.8) is 0 Å². The summed E-state index contributed by atoms with van der Waals surface area (Å²) in [7, 11) is 0. The van der Waals surface area contributed by atoms with Crippen LogP contribution in [0.5, 0.6) is 0 Å². The topological polar surface area (TPSA) is 41.5 Å². The lowest BCUT2D eigenvalue weighted by molar-refractivity contribution is -0.113. The molecule has 1 unspecified atom stereocenters. The molecule has 0 radical (unpaired) electrons. The Morgan fingerprint density at radius 3 is 2.94 bits per heavy atom. The molecule has 1 aromatic rings. The van der Waals surface area contributed by atoms with Crippen LogP contribution in [-0.4, -0.2) is 18.5 Å². The van der Waals surface area contributed by atoms with Crippen LogP contribution in [0.3, 0.4) is 0 Å². The summed E-state index contributed by atoms with van der Waals surface area (Å²) in [5, 5.41) is 5.26. The molecule has 2 heterocycles. The number of piperidine rings is 1. The van der Waals surface area contributed by atoms with Crippen LogP contribution in [0.25, 0.3) is 5.57 Å². The fourth-order valence-electron chi connectivity index (χ4n) is 2.52. The molecule has 1 aromatic carbocycles. The average Bonchev–Trinajstić information content (AvgIpc) is 2.66. The monoisotopic (exact) mass is 214 g/mol. The minimum Gasteiger partial charge on any atom is -0.310 e. The predicted molar refractivity (Wildman–Crippen MR) is 61.3 cm³/mol. The largest absolute Gasteiger partial charge is 0.310 e. The Balaban J connectivity index is 2.13. The molecule has 1 fully saturated rings. The zero-order valence-corrected chi connectivity index (χ0v) is 9.07. The fourth-order valence-corrected chi connectivity index (χ4v) is 2.52. The highest BCUT2D eigenvalue weighted by molar-refractivity contribution is 6.16. The third-order valence-corrected chi connectivity index (χ3v) is 3.31. The van der Waals surface area contributed by atoms with Gasteiger partial charge in [-0.1, -0.05) is 24.6 Å². The third kappa shape index (κ3) is 1.48. The number of nitrogens with one attached hydrogen (secondary N) is 1. The molecule has 2 aliphatic heterocycles. The number of carbonyl (C=O) groups is 1. The van der Waals surface area contributed by atoms with Crippen LogP contribution in [-0.2, 0) is 4.79 Å². The molecular weight excluding hydrogens is 200 g/mol. The first kappa shape index (κ1) is 9.73. The standard InChI is InChI=1S/C13H14N2O/c16-13-12(11-7-3-4-8-14-11)9-5-1-2-6-10(9)15-13/h1-2,5-6,11,14H,3-4,7-8H2. The molecule has 0 bridgehead atoms. The summed E-state index contributed by atoms with van der Waals surface area (Å²) in [5.74, 6) is -0.0550. The quantitative estimate of drug-likeness (QED) is 0.722. The van der Waals surface area contributed by atoms with E-state index in [1.807, 2.05) is 24.3 Å². The number of fused-ring (bicyclic) bond motifs is 1. The highest BCUT2D eigenvalue weighted by Gasteiger charge is 2.25. The van der Waals surface area contributed by atoms with Crippen molar-refractivity contribution in [3.8, 4) is 0 Å². The maximum absolute atomic E-state index is 11.9. The third-order valence-electron chi connectivity index (χ3n) is 3.31. The van der Waals surface area contributed by atoms with Crippen LogP contribution >= 0.6 is 0 Å². The van der Waals surface area contributed by atoms with Crippen molar-refractivity contribution in [2.75, 3.05) is 6.54 Å². The van der Waals surface area contributed by atoms with E-state index in [9.17, 15) is 4.79 Å². The molecule has 16 heavy (non-hydrogen) atoms. The molecule has 3 nitrogen and oxygen atoms in total. The van der Waals surface area contributed by atoms with Crippen molar-refractivity contribution in [1.29, 1.82) is 0 Å². The van der Waals surface area contributed by atoms with Gasteiger partial charge in [-0.05, 0) is 25.5 Å². The van der Waals surface area contributed by atoms with E-state index in [0.717, 1.165) is 29.1 Å². The van der Waals surface area contributed by atoms with E-state index in [2.05, 4.69) is 10.3 Å². The fraction of sp³-hybridized carbons (Fsp3) is 0.385. The Kier molecular flexibility index (Phi) is 2.33. The van der Waals surface area contributed by atoms with Crippen molar-refractivity contribution in [2.24, 2.45) is 4.99 Å². The van der Waals surface area contributed by atoms with Gasteiger partial charge in [0.1, 0.15) is 0 Å². The zero-order valence-electron chi connectivity index (χ0n) is 9.07. The summed E-state index contributed by atoms with van der Waals surface area (Å²) < 4.78 is 0. The van der Waals surface area contributed by atoms with Gasteiger partial charge >= 0.3 is 0 Å². The summed E-state index contributed by atoms with van der Waals surface area (Å²) >= 11 is 0. The van der Waals surface area contributed by atoms with Gasteiger partial charge in [0.15, 0.2) is 0 Å². The lowest BCUT2D eigenvalue weighted by atomic mass is 9.96. The van der Waals surface area contributed by atoms with Crippen molar-refractivity contribution in [1.82, 2.24) is 5.32 Å². The minimum absolute atomic E-state index is 0.0550. The van der Waals surface area contributed by atoms with E-state index in [4.69, 9.17) is 0 Å². The van der Waals surface area contributed by atoms with E-state index in [0.29, 0.717) is 0 Å². The highest BCUT2D eigenvalue weighted by atomic mass is 16.1. The summed E-state index contributed by atoms with van der Waals surface area (Å²) in [4.78, 5) is 16.0. The van der Waals surface area contributed by atoms with Crippen LogP contribution in [0.4, 0.5) is 0 Å². The molecule has 1 N–H and O–H groups in total. The second kappa shape index (κ2) is 3.83. The number of benzene rings is 1.